The van der Waals surface area contributed by atoms with Gasteiger partial charge in [0.2, 0.25) is 5.91 Å². The standard InChI is InChI=1S/C21H20F2N2O4/c22-12-9-10-18(16(23)11-12)25-20(27)15-7-3-4-8-17(15)24-19(26)13-5-1-2-6-14(13)21(28)29/h3-4,7-11,13-14H,1-2,5-6H2,(H,24,26)(H,25,27)(H,28,29)/t13-,14-/m1/s1. The fourth-order valence-electron chi connectivity index (χ4n) is 3.54. The van der Waals surface area contributed by atoms with E-state index in [0.29, 0.717) is 18.9 Å². The molecule has 8 heteroatoms. The minimum atomic E-state index is -1.01. The van der Waals surface area contributed by atoms with E-state index in [-0.39, 0.29) is 16.9 Å². The summed E-state index contributed by atoms with van der Waals surface area (Å²) in [6.45, 7) is 0. The van der Waals surface area contributed by atoms with Crippen molar-refractivity contribution in [2.75, 3.05) is 10.6 Å². The van der Waals surface area contributed by atoms with Crippen molar-refractivity contribution in [2.24, 2.45) is 11.8 Å². The zero-order chi connectivity index (χ0) is 21.0. The summed E-state index contributed by atoms with van der Waals surface area (Å²) in [5, 5.41) is 14.4. The average Bonchev–Trinajstić information content (AvgIpc) is 2.70. The van der Waals surface area contributed by atoms with Crippen LogP contribution in [0.25, 0.3) is 0 Å². The van der Waals surface area contributed by atoms with E-state index in [1.54, 1.807) is 12.1 Å². The molecule has 0 aromatic heterocycles. The summed E-state index contributed by atoms with van der Waals surface area (Å²) in [7, 11) is 0. The van der Waals surface area contributed by atoms with Crippen LogP contribution in [0, 0.1) is 23.5 Å². The Hall–Kier alpha value is -3.29. The van der Waals surface area contributed by atoms with Crippen LogP contribution < -0.4 is 10.6 Å². The molecular formula is C21H20F2N2O4. The van der Waals surface area contributed by atoms with Crippen molar-refractivity contribution < 1.29 is 28.3 Å². The Labute approximate surface area is 165 Å². The minimum absolute atomic E-state index is 0.0762. The number of carbonyl (C=O) groups is 3. The van der Waals surface area contributed by atoms with E-state index in [1.807, 2.05) is 0 Å². The molecule has 6 nitrogen and oxygen atoms in total. The first-order valence-corrected chi connectivity index (χ1v) is 9.26. The molecule has 0 saturated heterocycles. The molecule has 0 aliphatic heterocycles. The van der Waals surface area contributed by atoms with Crippen molar-refractivity contribution in [1.82, 2.24) is 0 Å². The van der Waals surface area contributed by atoms with Crippen LogP contribution in [-0.2, 0) is 9.59 Å². The van der Waals surface area contributed by atoms with Gasteiger partial charge in [0, 0.05) is 6.07 Å². The molecule has 0 unspecified atom stereocenters. The van der Waals surface area contributed by atoms with Crippen LogP contribution in [0.3, 0.4) is 0 Å². The molecule has 29 heavy (non-hydrogen) atoms. The number of hydrogen-bond acceptors (Lipinski definition) is 3. The van der Waals surface area contributed by atoms with Crippen molar-refractivity contribution in [2.45, 2.75) is 25.7 Å². The largest absolute Gasteiger partial charge is 0.481 e. The van der Waals surface area contributed by atoms with Gasteiger partial charge in [-0.15, -0.1) is 0 Å². The maximum Gasteiger partial charge on any atom is 0.307 e. The number of nitrogens with one attached hydrogen (secondary N) is 2. The van der Waals surface area contributed by atoms with Crippen LogP contribution in [0.4, 0.5) is 20.2 Å². The minimum Gasteiger partial charge on any atom is -0.481 e. The number of rotatable bonds is 5. The SMILES string of the molecule is O=C(Nc1ccc(F)cc1F)c1ccccc1NC(=O)[C@@H]1CCCC[C@H]1C(=O)O. The molecule has 1 saturated carbocycles. The van der Waals surface area contributed by atoms with E-state index in [1.165, 1.54) is 12.1 Å². The molecule has 2 aromatic rings. The Balaban J connectivity index is 1.78. The predicted octanol–water partition coefficient (Wildman–Crippen LogP) is 4.05. The third kappa shape index (κ3) is 4.77. The smallest absolute Gasteiger partial charge is 0.307 e. The second-order valence-corrected chi connectivity index (χ2v) is 6.95. The molecule has 1 aliphatic carbocycles. The monoisotopic (exact) mass is 402 g/mol. The summed E-state index contributed by atoms with van der Waals surface area (Å²) in [6, 6.07) is 8.91. The van der Waals surface area contributed by atoms with Gasteiger partial charge in [-0.1, -0.05) is 25.0 Å². The molecule has 2 amide bonds. The predicted molar refractivity (Wildman–Crippen MR) is 102 cm³/mol. The van der Waals surface area contributed by atoms with Crippen molar-refractivity contribution in [3.63, 3.8) is 0 Å². The van der Waals surface area contributed by atoms with Gasteiger partial charge in [-0.25, -0.2) is 8.78 Å². The van der Waals surface area contributed by atoms with Gasteiger partial charge in [0.1, 0.15) is 11.6 Å². The lowest BCUT2D eigenvalue weighted by Crippen LogP contribution is -2.36. The molecule has 0 spiro atoms. The topological polar surface area (TPSA) is 95.5 Å². The normalized spacial score (nSPS) is 18.7. The molecule has 152 valence electrons. The van der Waals surface area contributed by atoms with Crippen molar-refractivity contribution >= 4 is 29.2 Å². The first kappa shape index (κ1) is 20.4. The number of hydrogen-bond donors (Lipinski definition) is 3. The van der Waals surface area contributed by atoms with E-state index < -0.39 is 41.3 Å². The van der Waals surface area contributed by atoms with Crippen molar-refractivity contribution in [3.05, 3.63) is 59.7 Å². The van der Waals surface area contributed by atoms with Crippen LogP contribution in [0.2, 0.25) is 0 Å². The lowest BCUT2D eigenvalue weighted by Gasteiger charge is -2.27. The summed E-state index contributed by atoms with van der Waals surface area (Å²) in [5.74, 6) is -5.32. The second-order valence-electron chi connectivity index (χ2n) is 6.95. The van der Waals surface area contributed by atoms with Crippen LogP contribution in [-0.4, -0.2) is 22.9 Å². The van der Waals surface area contributed by atoms with Gasteiger partial charge in [-0.2, -0.15) is 0 Å². The van der Waals surface area contributed by atoms with Gasteiger partial charge in [0.15, 0.2) is 0 Å². The molecule has 1 fully saturated rings. The van der Waals surface area contributed by atoms with Gasteiger partial charge in [-0.3, -0.25) is 14.4 Å². The van der Waals surface area contributed by atoms with E-state index in [2.05, 4.69) is 10.6 Å². The second kappa shape index (κ2) is 8.81. The quantitative estimate of drug-likeness (QED) is 0.703. The number of carboxylic acids is 1. The molecule has 3 rings (SSSR count). The zero-order valence-electron chi connectivity index (χ0n) is 15.5. The summed E-state index contributed by atoms with van der Waals surface area (Å²) in [4.78, 5) is 36.7. The Morgan fingerprint density at radius 2 is 1.59 bits per heavy atom. The lowest BCUT2D eigenvalue weighted by atomic mass is 9.78. The van der Waals surface area contributed by atoms with Crippen LogP contribution in [0.5, 0.6) is 0 Å². The highest BCUT2D eigenvalue weighted by Crippen LogP contribution is 2.31. The van der Waals surface area contributed by atoms with Gasteiger partial charge < -0.3 is 15.7 Å². The highest BCUT2D eigenvalue weighted by Gasteiger charge is 2.36. The number of carboxylic acid groups (broad SMARTS) is 1. The highest BCUT2D eigenvalue weighted by atomic mass is 19.1. The van der Waals surface area contributed by atoms with Crippen LogP contribution >= 0.6 is 0 Å². The van der Waals surface area contributed by atoms with Gasteiger partial charge in [0.25, 0.3) is 5.91 Å². The fourth-order valence-corrected chi connectivity index (χ4v) is 3.54. The number of carbonyl (C=O) groups excluding carboxylic acids is 2. The molecule has 3 N–H and O–H groups in total. The number of aliphatic carboxylic acids is 1. The van der Waals surface area contributed by atoms with E-state index >= 15 is 0 Å². The first-order valence-electron chi connectivity index (χ1n) is 9.26. The Bertz CT molecular complexity index is 948. The third-order valence-electron chi connectivity index (χ3n) is 5.03. The van der Waals surface area contributed by atoms with Crippen LogP contribution in [0.1, 0.15) is 36.0 Å². The number of para-hydroxylation sites is 1. The van der Waals surface area contributed by atoms with Gasteiger partial charge in [-0.05, 0) is 37.1 Å². The van der Waals surface area contributed by atoms with E-state index in [0.717, 1.165) is 25.0 Å². The lowest BCUT2D eigenvalue weighted by molar-refractivity contribution is -0.147. The van der Waals surface area contributed by atoms with E-state index in [9.17, 15) is 28.3 Å². The maximum absolute atomic E-state index is 13.8. The Kier molecular flexibility index (Phi) is 6.21. The summed E-state index contributed by atoms with van der Waals surface area (Å²) in [6.07, 6.45) is 2.40. The number of benzene rings is 2. The number of amides is 2. The summed E-state index contributed by atoms with van der Waals surface area (Å²) in [5.41, 5.74) is 0.0650. The number of halogens is 2. The first-order chi connectivity index (χ1) is 13.9. The molecule has 2 atom stereocenters. The molecule has 2 aromatic carbocycles. The van der Waals surface area contributed by atoms with E-state index in [4.69, 9.17) is 0 Å². The molecular weight excluding hydrogens is 382 g/mol. The average molecular weight is 402 g/mol. The maximum atomic E-state index is 13.8. The van der Waals surface area contributed by atoms with Crippen molar-refractivity contribution in [1.29, 1.82) is 0 Å². The molecule has 0 bridgehead atoms. The molecule has 0 heterocycles. The van der Waals surface area contributed by atoms with Gasteiger partial charge in [0.05, 0.1) is 28.8 Å². The summed E-state index contributed by atoms with van der Waals surface area (Å²) >= 11 is 0. The van der Waals surface area contributed by atoms with Gasteiger partial charge >= 0.3 is 5.97 Å². The highest BCUT2D eigenvalue weighted by molar-refractivity contribution is 6.10. The Morgan fingerprint density at radius 3 is 2.28 bits per heavy atom. The zero-order valence-corrected chi connectivity index (χ0v) is 15.5. The molecule has 0 radical (unpaired) electrons. The van der Waals surface area contributed by atoms with Crippen molar-refractivity contribution in [3.8, 4) is 0 Å². The fraction of sp³-hybridized carbons (Fsp3) is 0.286. The number of anilines is 2. The van der Waals surface area contributed by atoms with Crippen LogP contribution in [0.15, 0.2) is 42.5 Å². The third-order valence-corrected chi connectivity index (χ3v) is 5.03. The molecule has 1 aliphatic rings. The summed E-state index contributed by atoms with van der Waals surface area (Å²) < 4.78 is 26.9. The Morgan fingerprint density at radius 1 is 0.897 bits per heavy atom.